The zero-order valence-electron chi connectivity index (χ0n) is 31.1. The van der Waals surface area contributed by atoms with E-state index in [1.54, 1.807) is 13.2 Å². The summed E-state index contributed by atoms with van der Waals surface area (Å²) in [6, 6.07) is 14.1. The molecule has 3 atom stereocenters. The van der Waals surface area contributed by atoms with Crippen molar-refractivity contribution in [3.8, 4) is 28.1 Å². The summed E-state index contributed by atoms with van der Waals surface area (Å²) in [5.41, 5.74) is 5.98. The van der Waals surface area contributed by atoms with Crippen LogP contribution >= 0.6 is 0 Å². The molecule has 0 amide bonds. The Balaban J connectivity index is 1.36. The van der Waals surface area contributed by atoms with Crippen molar-refractivity contribution >= 4 is 33.9 Å². The van der Waals surface area contributed by atoms with Gasteiger partial charge in [-0.3, -0.25) is 9.78 Å². The second kappa shape index (κ2) is 15.5. The monoisotopic (exact) mass is 713 g/mol. The highest BCUT2D eigenvalue weighted by Crippen LogP contribution is 2.48. The minimum Gasteiger partial charge on any atom is -0.496 e. The molecule has 0 N–H and O–H groups in total. The predicted molar refractivity (Wildman–Crippen MR) is 207 cm³/mol. The van der Waals surface area contributed by atoms with Crippen molar-refractivity contribution in [2.24, 2.45) is 11.8 Å². The topological polar surface area (TPSA) is 91.1 Å². The fourth-order valence-electron chi connectivity index (χ4n) is 7.34. The van der Waals surface area contributed by atoms with Crippen LogP contribution in [0.4, 0.5) is 5.82 Å². The molecule has 3 heterocycles. The number of carbonyl (C=O) groups is 1. The summed E-state index contributed by atoms with van der Waals surface area (Å²) in [6.45, 7) is 16.6. The van der Waals surface area contributed by atoms with Gasteiger partial charge in [-0.1, -0.05) is 58.2 Å². The highest BCUT2D eigenvalue weighted by Gasteiger charge is 2.36. The number of hydrogen-bond acceptors (Lipinski definition) is 8. The van der Waals surface area contributed by atoms with Gasteiger partial charge < -0.3 is 19.1 Å². The molecule has 1 unspecified atom stereocenters. The molecule has 0 spiro atoms. The molecule has 268 valence electrons. The van der Waals surface area contributed by atoms with Gasteiger partial charge in [0.25, 0.3) is 0 Å². The molecule has 3 aromatic heterocycles. The normalized spacial score (nSPS) is 19.2. The molecule has 2 aliphatic carbocycles. The molecular formula is C39H55N5O4Si2. The second-order valence-electron chi connectivity index (χ2n) is 16.8. The molecule has 6 rings (SSSR count). The van der Waals surface area contributed by atoms with Crippen molar-refractivity contribution in [3.05, 3.63) is 60.0 Å². The Bertz CT molecular complexity index is 1730. The van der Waals surface area contributed by atoms with Crippen LogP contribution in [0.15, 0.2) is 48.8 Å². The number of ether oxygens (including phenoxy) is 3. The van der Waals surface area contributed by atoms with E-state index in [1.165, 1.54) is 32.1 Å². The van der Waals surface area contributed by atoms with E-state index in [9.17, 15) is 4.79 Å². The quantitative estimate of drug-likeness (QED) is 0.0492. The molecule has 2 fully saturated rings. The SMILES string of the molecule is COc1ccc(-c2ccc(-c3cnn4c(N(COCC[Si](C)(C)C)COCC[Si](C)(C)C)cc(C5C[C@H]6CC[C@@H](C5)C6)nc34)cn2)cc1C=O. The van der Waals surface area contributed by atoms with Crippen LogP contribution in [0, 0.1) is 11.8 Å². The Kier molecular flexibility index (Phi) is 11.3. The third-order valence-electron chi connectivity index (χ3n) is 10.3. The molecule has 0 radical (unpaired) electrons. The third-order valence-corrected chi connectivity index (χ3v) is 13.7. The number of pyridine rings is 1. The Labute approximate surface area is 299 Å². The van der Waals surface area contributed by atoms with Crippen LogP contribution < -0.4 is 9.64 Å². The maximum atomic E-state index is 11.7. The first-order valence-electron chi connectivity index (χ1n) is 18.3. The first-order chi connectivity index (χ1) is 23.9. The van der Waals surface area contributed by atoms with Crippen LogP contribution in [-0.4, -0.2) is 75.8 Å². The van der Waals surface area contributed by atoms with E-state index in [4.69, 9.17) is 29.3 Å². The number of benzene rings is 1. The summed E-state index contributed by atoms with van der Waals surface area (Å²) in [5.74, 6) is 3.53. The van der Waals surface area contributed by atoms with Gasteiger partial charge in [-0.25, -0.2) is 4.98 Å². The van der Waals surface area contributed by atoms with Gasteiger partial charge in [-0.2, -0.15) is 9.61 Å². The molecule has 0 saturated heterocycles. The smallest absolute Gasteiger partial charge is 0.165 e. The van der Waals surface area contributed by atoms with E-state index >= 15 is 0 Å². The fraction of sp³-hybridized carbons (Fsp3) is 0.538. The van der Waals surface area contributed by atoms with E-state index in [0.29, 0.717) is 30.7 Å². The fourth-order valence-corrected chi connectivity index (χ4v) is 8.85. The average Bonchev–Trinajstić information content (AvgIpc) is 3.67. The summed E-state index contributed by atoms with van der Waals surface area (Å²) < 4.78 is 20.0. The number of aldehydes is 1. The highest BCUT2D eigenvalue weighted by molar-refractivity contribution is 6.76. The van der Waals surface area contributed by atoms with Gasteiger partial charge in [0.1, 0.15) is 25.0 Å². The molecule has 2 saturated carbocycles. The lowest BCUT2D eigenvalue weighted by Crippen LogP contribution is -2.33. The number of anilines is 1. The molecular weight excluding hydrogens is 659 g/mol. The van der Waals surface area contributed by atoms with Crippen LogP contribution in [-0.2, 0) is 9.47 Å². The molecule has 0 aliphatic heterocycles. The van der Waals surface area contributed by atoms with Gasteiger partial charge in [0, 0.05) is 69.9 Å². The van der Waals surface area contributed by atoms with Gasteiger partial charge in [-0.15, -0.1) is 0 Å². The van der Waals surface area contributed by atoms with Crippen LogP contribution in [0.2, 0.25) is 51.4 Å². The van der Waals surface area contributed by atoms with Gasteiger partial charge in [-0.05, 0) is 67.5 Å². The second-order valence-corrected chi connectivity index (χ2v) is 28.0. The standard InChI is InChI=1S/C39H55N5O4Si2/c1-46-37-13-11-30(21-33(37)25-45)35-12-10-31(23-40-35)34-24-41-44-38(22-36(42-39(34)44)32-19-28-8-9-29(18-28)20-32)43(26-47-14-16-49(2,3)4)27-48-15-17-50(5,6)7/h10-13,21-25,28-29,32H,8-9,14-20,26-27H2,1-7H3/t28-,29+,32?. The predicted octanol–water partition coefficient (Wildman–Crippen LogP) is 9.00. The Morgan fingerprint density at radius 2 is 1.52 bits per heavy atom. The lowest BCUT2D eigenvalue weighted by atomic mass is 9.79. The average molecular weight is 714 g/mol. The summed E-state index contributed by atoms with van der Waals surface area (Å²) in [5, 5.41) is 4.94. The Morgan fingerprint density at radius 1 is 0.860 bits per heavy atom. The number of hydrogen-bond donors (Lipinski definition) is 0. The number of methoxy groups -OCH3 is 1. The van der Waals surface area contributed by atoms with E-state index in [0.717, 1.165) is 83.0 Å². The molecule has 2 bridgehead atoms. The third kappa shape index (κ3) is 8.91. The summed E-state index contributed by atoms with van der Waals surface area (Å²) >= 11 is 0. The van der Waals surface area contributed by atoms with Crippen LogP contribution in [0.1, 0.15) is 54.1 Å². The number of carbonyl (C=O) groups excluding carboxylic acids is 1. The highest BCUT2D eigenvalue weighted by atomic mass is 28.3. The van der Waals surface area contributed by atoms with Crippen molar-refractivity contribution in [1.82, 2.24) is 19.6 Å². The molecule has 11 heteroatoms. The van der Waals surface area contributed by atoms with Crippen LogP contribution in [0.3, 0.4) is 0 Å². The van der Waals surface area contributed by atoms with Gasteiger partial charge in [0.2, 0.25) is 0 Å². The zero-order chi connectivity index (χ0) is 35.5. The number of fused-ring (bicyclic) bond motifs is 3. The maximum absolute atomic E-state index is 11.7. The van der Waals surface area contributed by atoms with Crippen molar-refractivity contribution < 1.29 is 19.0 Å². The van der Waals surface area contributed by atoms with Crippen molar-refractivity contribution in [2.45, 2.75) is 89.4 Å². The molecule has 4 aromatic rings. The summed E-state index contributed by atoms with van der Waals surface area (Å²) in [4.78, 5) is 24.1. The number of rotatable bonds is 16. The van der Waals surface area contributed by atoms with Crippen LogP contribution in [0.5, 0.6) is 5.75 Å². The zero-order valence-corrected chi connectivity index (χ0v) is 33.1. The number of aromatic nitrogens is 4. The van der Waals surface area contributed by atoms with Crippen molar-refractivity contribution in [3.63, 3.8) is 0 Å². The van der Waals surface area contributed by atoms with E-state index in [2.05, 4.69) is 56.3 Å². The van der Waals surface area contributed by atoms with Crippen molar-refractivity contribution in [1.29, 1.82) is 0 Å². The largest absolute Gasteiger partial charge is 0.496 e. The summed E-state index contributed by atoms with van der Waals surface area (Å²) in [7, 11) is -0.908. The number of nitrogens with zero attached hydrogens (tertiary/aromatic N) is 5. The Hall–Kier alpha value is -3.39. The van der Waals surface area contributed by atoms with E-state index < -0.39 is 16.1 Å². The summed E-state index contributed by atoms with van der Waals surface area (Å²) in [6.07, 6.45) is 11.0. The minimum absolute atomic E-state index is 0.429. The Morgan fingerprint density at radius 3 is 2.10 bits per heavy atom. The first kappa shape index (κ1) is 36.4. The van der Waals surface area contributed by atoms with E-state index in [1.807, 2.05) is 35.1 Å². The minimum atomic E-state index is -1.24. The van der Waals surface area contributed by atoms with Crippen molar-refractivity contribution in [2.75, 3.05) is 38.7 Å². The van der Waals surface area contributed by atoms with Gasteiger partial charge in [0.05, 0.1) is 24.6 Å². The van der Waals surface area contributed by atoms with Crippen LogP contribution in [0.25, 0.3) is 28.0 Å². The lowest BCUT2D eigenvalue weighted by molar-refractivity contribution is 0.0942. The van der Waals surface area contributed by atoms with Gasteiger partial charge >= 0.3 is 0 Å². The maximum Gasteiger partial charge on any atom is 0.165 e. The molecule has 1 aromatic carbocycles. The first-order valence-corrected chi connectivity index (χ1v) is 25.7. The van der Waals surface area contributed by atoms with Gasteiger partial charge in [0.15, 0.2) is 11.9 Å². The molecule has 50 heavy (non-hydrogen) atoms. The lowest BCUT2D eigenvalue weighted by Gasteiger charge is -2.30. The molecule has 2 aliphatic rings. The van der Waals surface area contributed by atoms with E-state index in [-0.39, 0.29) is 0 Å². The molecule has 9 nitrogen and oxygen atoms in total.